The van der Waals surface area contributed by atoms with Gasteiger partial charge in [-0.2, -0.15) is 5.10 Å². The van der Waals surface area contributed by atoms with Gasteiger partial charge in [0.05, 0.1) is 6.04 Å². The summed E-state index contributed by atoms with van der Waals surface area (Å²) in [6.45, 7) is 4.15. The molecule has 120 valence electrons. The average Bonchev–Trinajstić information content (AvgIpc) is 2.96. The third kappa shape index (κ3) is 2.37. The van der Waals surface area contributed by atoms with Gasteiger partial charge in [-0.3, -0.25) is 5.10 Å². The average molecular weight is 334 g/mol. The van der Waals surface area contributed by atoms with E-state index >= 15 is 0 Å². The zero-order valence-corrected chi connectivity index (χ0v) is 14.4. The van der Waals surface area contributed by atoms with Gasteiger partial charge in [0.25, 0.3) is 0 Å². The number of aromatic amines is 1. The van der Waals surface area contributed by atoms with Gasteiger partial charge < -0.3 is 10.2 Å². The van der Waals surface area contributed by atoms with E-state index in [9.17, 15) is 0 Å². The van der Waals surface area contributed by atoms with Gasteiger partial charge in [0.1, 0.15) is 0 Å². The number of H-pyrrole nitrogens is 1. The molecule has 0 radical (unpaired) electrons. The van der Waals surface area contributed by atoms with E-state index in [1.807, 2.05) is 25.1 Å². The molecule has 4 nitrogen and oxygen atoms in total. The molecule has 1 atom stereocenters. The molecule has 0 amide bonds. The fourth-order valence-electron chi connectivity index (χ4n) is 3.19. The number of aromatic nitrogens is 2. The fourth-order valence-corrected chi connectivity index (χ4v) is 3.50. The maximum atomic E-state index is 5.66. The van der Waals surface area contributed by atoms with Gasteiger partial charge in [-0.15, -0.1) is 0 Å². The van der Waals surface area contributed by atoms with Gasteiger partial charge in [-0.25, -0.2) is 0 Å². The molecule has 2 N–H and O–H groups in total. The first-order valence-corrected chi connectivity index (χ1v) is 8.32. The molecule has 24 heavy (non-hydrogen) atoms. The third-order valence-electron chi connectivity index (χ3n) is 4.40. The molecule has 0 fully saturated rings. The van der Waals surface area contributed by atoms with Crippen LogP contribution in [0.4, 0.5) is 11.5 Å². The van der Waals surface area contributed by atoms with Crippen molar-refractivity contribution < 1.29 is 0 Å². The van der Waals surface area contributed by atoms with Crippen molar-refractivity contribution in [3.8, 4) is 0 Å². The molecule has 5 heteroatoms. The van der Waals surface area contributed by atoms with Crippen LogP contribution in [0.2, 0.25) is 0 Å². The monoisotopic (exact) mass is 334 g/mol. The molecule has 1 aliphatic rings. The minimum absolute atomic E-state index is 0.00417. The second-order valence-corrected chi connectivity index (χ2v) is 6.45. The lowest BCUT2D eigenvalue weighted by Gasteiger charge is -2.38. The molecule has 0 spiro atoms. The van der Waals surface area contributed by atoms with E-state index in [4.69, 9.17) is 12.2 Å². The van der Waals surface area contributed by atoms with E-state index in [1.165, 1.54) is 11.1 Å². The van der Waals surface area contributed by atoms with Crippen molar-refractivity contribution in [1.82, 2.24) is 10.2 Å². The maximum Gasteiger partial charge on any atom is 0.180 e. The van der Waals surface area contributed by atoms with Gasteiger partial charge in [0.15, 0.2) is 10.9 Å². The standard InChI is InChI=1S/C19H18N4S/c1-12-8-10-14(11-9-12)17-16-13(2)21-22-18(16)20-19(24)23(17)15-6-4-3-5-7-15/h3-11,17H,1-2H3,(H2,20,21,22,24). The highest BCUT2D eigenvalue weighted by Crippen LogP contribution is 2.41. The molecule has 1 unspecified atom stereocenters. The molecular formula is C19H18N4S. The van der Waals surface area contributed by atoms with Crippen molar-refractivity contribution in [3.05, 3.63) is 77.0 Å². The summed E-state index contributed by atoms with van der Waals surface area (Å²) in [6.07, 6.45) is 0. The lowest BCUT2D eigenvalue weighted by atomic mass is 9.94. The molecule has 1 aliphatic heterocycles. The number of thiocarbonyl (C=S) groups is 1. The summed E-state index contributed by atoms with van der Waals surface area (Å²) in [6, 6.07) is 18.8. The van der Waals surface area contributed by atoms with Crippen LogP contribution in [-0.2, 0) is 0 Å². The number of nitrogens with one attached hydrogen (secondary N) is 2. The quantitative estimate of drug-likeness (QED) is 0.685. The van der Waals surface area contributed by atoms with E-state index in [-0.39, 0.29) is 6.04 Å². The fraction of sp³-hybridized carbons (Fsp3) is 0.158. The predicted molar refractivity (Wildman–Crippen MR) is 101 cm³/mol. The Balaban J connectivity index is 1.92. The first-order valence-electron chi connectivity index (χ1n) is 7.92. The zero-order chi connectivity index (χ0) is 16.7. The summed E-state index contributed by atoms with van der Waals surface area (Å²) < 4.78 is 0. The second-order valence-electron chi connectivity index (χ2n) is 6.06. The number of anilines is 2. The lowest BCUT2D eigenvalue weighted by Crippen LogP contribution is -2.42. The Morgan fingerprint density at radius 3 is 2.42 bits per heavy atom. The number of para-hydroxylation sites is 1. The maximum absolute atomic E-state index is 5.66. The van der Waals surface area contributed by atoms with Crippen LogP contribution in [0, 0.1) is 13.8 Å². The number of fused-ring (bicyclic) bond motifs is 1. The Kier molecular flexibility index (Phi) is 3.58. The largest absolute Gasteiger partial charge is 0.315 e. The van der Waals surface area contributed by atoms with Crippen molar-refractivity contribution in [2.45, 2.75) is 19.9 Å². The van der Waals surface area contributed by atoms with Gasteiger partial charge >= 0.3 is 0 Å². The Morgan fingerprint density at radius 2 is 1.71 bits per heavy atom. The van der Waals surface area contributed by atoms with Crippen molar-refractivity contribution in [1.29, 1.82) is 0 Å². The Hall–Kier alpha value is -2.66. The van der Waals surface area contributed by atoms with Gasteiger partial charge in [0.2, 0.25) is 0 Å². The SMILES string of the molecule is Cc1ccc(C2c3c(n[nH]c3C)NC(=S)N2c2ccccc2)cc1. The molecular weight excluding hydrogens is 316 g/mol. The van der Waals surface area contributed by atoms with Crippen LogP contribution in [-0.4, -0.2) is 15.3 Å². The first-order chi connectivity index (χ1) is 11.6. The lowest BCUT2D eigenvalue weighted by molar-refractivity contribution is 0.826. The van der Waals surface area contributed by atoms with Crippen molar-refractivity contribution in [2.75, 3.05) is 10.2 Å². The normalized spacial score (nSPS) is 16.7. The Morgan fingerprint density at radius 1 is 1.00 bits per heavy atom. The van der Waals surface area contributed by atoms with E-state index in [0.29, 0.717) is 5.11 Å². The number of nitrogens with zero attached hydrogens (tertiary/aromatic N) is 2. The van der Waals surface area contributed by atoms with E-state index in [0.717, 1.165) is 22.8 Å². The summed E-state index contributed by atoms with van der Waals surface area (Å²) >= 11 is 5.66. The number of rotatable bonds is 2. The van der Waals surface area contributed by atoms with Gasteiger partial charge in [-0.1, -0.05) is 48.0 Å². The van der Waals surface area contributed by atoms with Crippen molar-refractivity contribution in [2.24, 2.45) is 0 Å². The minimum Gasteiger partial charge on any atom is -0.315 e. The molecule has 0 aliphatic carbocycles. The molecule has 4 rings (SSSR count). The summed E-state index contributed by atoms with van der Waals surface area (Å²) in [7, 11) is 0. The summed E-state index contributed by atoms with van der Waals surface area (Å²) in [5.41, 5.74) is 5.68. The van der Waals surface area contributed by atoms with Crippen LogP contribution in [0.25, 0.3) is 0 Å². The summed E-state index contributed by atoms with van der Waals surface area (Å²) in [4.78, 5) is 2.16. The minimum atomic E-state index is -0.00417. The van der Waals surface area contributed by atoms with Crippen molar-refractivity contribution >= 4 is 28.8 Å². The highest BCUT2D eigenvalue weighted by atomic mass is 32.1. The Bertz CT molecular complexity index is 883. The molecule has 2 heterocycles. The number of benzene rings is 2. The number of hydrogen-bond donors (Lipinski definition) is 2. The van der Waals surface area contributed by atoms with Crippen LogP contribution in [0.5, 0.6) is 0 Å². The smallest absolute Gasteiger partial charge is 0.180 e. The molecule has 2 aromatic carbocycles. The highest BCUT2D eigenvalue weighted by Gasteiger charge is 2.35. The third-order valence-corrected chi connectivity index (χ3v) is 4.70. The molecule has 3 aromatic rings. The van der Waals surface area contributed by atoms with Crippen LogP contribution in [0.3, 0.4) is 0 Å². The van der Waals surface area contributed by atoms with E-state index in [2.05, 4.69) is 63.7 Å². The molecule has 0 saturated heterocycles. The summed E-state index contributed by atoms with van der Waals surface area (Å²) in [5.74, 6) is 0.815. The van der Waals surface area contributed by atoms with Crippen molar-refractivity contribution in [3.63, 3.8) is 0 Å². The molecule has 0 saturated carbocycles. The number of aryl methyl sites for hydroxylation is 2. The first kappa shape index (κ1) is 14.9. The van der Waals surface area contributed by atoms with Crippen LogP contribution in [0.15, 0.2) is 54.6 Å². The molecule has 1 aromatic heterocycles. The highest BCUT2D eigenvalue weighted by molar-refractivity contribution is 7.80. The van der Waals surface area contributed by atoms with Gasteiger partial charge in [0, 0.05) is 16.9 Å². The van der Waals surface area contributed by atoms with Crippen LogP contribution in [0.1, 0.15) is 28.4 Å². The van der Waals surface area contributed by atoms with Gasteiger partial charge in [-0.05, 0) is 43.8 Å². The zero-order valence-electron chi connectivity index (χ0n) is 13.6. The number of hydrogen-bond acceptors (Lipinski definition) is 2. The van der Waals surface area contributed by atoms with E-state index < -0.39 is 0 Å². The van der Waals surface area contributed by atoms with E-state index in [1.54, 1.807) is 0 Å². The second kappa shape index (κ2) is 5.76. The predicted octanol–water partition coefficient (Wildman–Crippen LogP) is 4.33. The van der Waals surface area contributed by atoms with Crippen LogP contribution >= 0.6 is 12.2 Å². The molecule has 0 bridgehead atoms. The van der Waals surface area contributed by atoms with Crippen LogP contribution < -0.4 is 10.2 Å². The Labute approximate surface area is 146 Å². The summed E-state index contributed by atoms with van der Waals surface area (Å²) in [5, 5.41) is 11.4. The topological polar surface area (TPSA) is 44.0 Å².